The lowest BCUT2D eigenvalue weighted by Gasteiger charge is -2.29. The van der Waals surface area contributed by atoms with E-state index in [1.54, 1.807) is 26.4 Å². The monoisotopic (exact) mass is 390 g/mol. The van der Waals surface area contributed by atoms with Crippen LogP contribution in [0.2, 0.25) is 0 Å². The van der Waals surface area contributed by atoms with Crippen LogP contribution >= 0.6 is 0 Å². The second-order valence-electron chi connectivity index (χ2n) is 6.27. The van der Waals surface area contributed by atoms with Crippen molar-refractivity contribution in [3.63, 3.8) is 0 Å². The van der Waals surface area contributed by atoms with Gasteiger partial charge in [-0.25, -0.2) is 8.42 Å². The van der Waals surface area contributed by atoms with E-state index in [2.05, 4.69) is 5.32 Å². The molecule has 0 radical (unpaired) electrons. The zero-order valence-electron chi connectivity index (χ0n) is 15.5. The molecule has 0 aromatic heterocycles. The van der Waals surface area contributed by atoms with Crippen LogP contribution in [0, 0.1) is 0 Å². The Kier molecular flexibility index (Phi) is 5.38. The van der Waals surface area contributed by atoms with Crippen molar-refractivity contribution >= 4 is 21.6 Å². The molecule has 2 aromatic rings. The van der Waals surface area contributed by atoms with Gasteiger partial charge in [-0.3, -0.25) is 4.79 Å². The largest absolute Gasteiger partial charge is 0.493 e. The number of fused-ring (bicyclic) bond motifs is 1. The summed E-state index contributed by atoms with van der Waals surface area (Å²) in [4.78, 5) is 11.3. The third-order valence-electron chi connectivity index (χ3n) is 4.50. The van der Waals surface area contributed by atoms with Gasteiger partial charge in [-0.1, -0.05) is 0 Å². The lowest BCUT2D eigenvalue weighted by Crippen LogP contribution is -2.36. The van der Waals surface area contributed by atoms with Crippen LogP contribution in [0.25, 0.3) is 0 Å². The van der Waals surface area contributed by atoms with E-state index in [1.165, 1.54) is 23.4 Å². The molecule has 7 nitrogen and oxygen atoms in total. The van der Waals surface area contributed by atoms with Crippen molar-refractivity contribution < 1.29 is 22.7 Å². The Morgan fingerprint density at radius 3 is 2.19 bits per heavy atom. The number of hydrogen-bond acceptors (Lipinski definition) is 5. The summed E-state index contributed by atoms with van der Waals surface area (Å²) in [5, 5.41) is 2.63. The van der Waals surface area contributed by atoms with Crippen LogP contribution < -0.4 is 14.8 Å². The zero-order chi connectivity index (χ0) is 19.6. The summed E-state index contributed by atoms with van der Waals surface area (Å²) >= 11 is 0. The second-order valence-corrected chi connectivity index (χ2v) is 8.21. The number of hydrogen-bond donors (Lipinski definition) is 1. The van der Waals surface area contributed by atoms with E-state index in [4.69, 9.17) is 9.47 Å². The van der Waals surface area contributed by atoms with E-state index in [0.29, 0.717) is 30.2 Å². The molecule has 0 unspecified atom stereocenters. The van der Waals surface area contributed by atoms with Crippen molar-refractivity contribution in [2.75, 3.05) is 26.1 Å². The fraction of sp³-hybridized carbons (Fsp3) is 0.316. The summed E-state index contributed by atoms with van der Waals surface area (Å²) < 4.78 is 38.1. The van der Waals surface area contributed by atoms with E-state index in [-0.39, 0.29) is 17.3 Å². The molecule has 3 rings (SSSR count). The van der Waals surface area contributed by atoms with Crippen LogP contribution in [-0.2, 0) is 27.8 Å². The fourth-order valence-electron chi connectivity index (χ4n) is 3.13. The van der Waals surface area contributed by atoms with E-state index in [1.807, 2.05) is 12.1 Å². The molecule has 1 N–H and O–H groups in total. The lowest BCUT2D eigenvalue weighted by atomic mass is 10.0. The first kappa shape index (κ1) is 19.2. The van der Waals surface area contributed by atoms with E-state index >= 15 is 0 Å². The highest BCUT2D eigenvalue weighted by Gasteiger charge is 2.29. The minimum atomic E-state index is -3.64. The van der Waals surface area contributed by atoms with Crippen molar-refractivity contribution in [3.8, 4) is 11.5 Å². The van der Waals surface area contributed by atoms with Crippen molar-refractivity contribution in [2.45, 2.75) is 24.8 Å². The average Bonchev–Trinajstić information content (AvgIpc) is 2.66. The van der Waals surface area contributed by atoms with Crippen molar-refractivity contribution in [1.29, 1.82) is 0 Å². The predicted molar refractivity (Wildman–Crippen MR) is 102 cm³/mol. The molecule has 0 spiro atoms. The highest BCUT2D eigenvalue weighted by molar-refractivity contribution is 7.89. The third kappa shape index (κ3) is 3.91. The van der Waals surface area contributed by atoms with Crippen LogP contribution in [0.5, 0.6) is 11.5 Å². The fourth-order valence-corrected chi connectivity index (χ4v) is 4.54. The number of sulfonamides is 1. The molecule has 27 heavy (non-hydrogen) atoms. The Morgan fingerprint density at radius 1 is 1.04 bits per heavy atom. The smallest absolute Gasteiger partial charge is 0.243 e. The van der Waals surface area contributed by atoms with Crippen LogP contribution in [-0.4, -0.2) is 39.4 Å². The average molecular weight is 390 g/mol. The van der Waals surface area contributed by atoms with Gasteiger partial charge in [0, 0.05) is 25.7 Å². The Morgan fingerprint density at radius 2 is 1.63 bits per heavy atom. The van der Waals surface area contributed by atoms with E-state index in [0.717, 1.165) is 11.1 Å². The van der Waals surface area contributed by atoms with Gasteiger partial charge in [0.1, 0.15) is 0 Å². The number of ether oxygens (including phenoxy) is 2. The SMILES string of the molecule is COc1cc2c(cc1OC)CN(S(=O)(=O)c1ccc(NC(C)=O)cc1)CC2. The summed E-state index contributed by atoms with van der Waals surface area (Å²) in [6.07, 6.45) is 0.596. The van der Waals surface area contributed by atoms with Gasteiger partial charge in [-0.05, 0) is 53.9 Å². The highest BCUT2D eigenvalue weighted by atomic mass is 32.2. The van der Waals surface area contributed by atoms with Gasteiger partial charge in [0.05, 0.1) is 19.1 Å². The van der Waals surface area contributed by atoms with Crippen molar-refractivity contribution in [2.24, 2.45) is 0 Å². The number of nitrogens with zero attached hydrogens (tertiary/aromatic N) is 1. The number of anilines is 1. The maximum atomic E-state index is 13.0. The van der Waals surface area contributed by atoms with Crippen molar-refractivity contribution in [3.05, 3.63) is 47.5 Å². The minimum absolute atomic E-state index is 0.195. The Hall–Kier alpha value is -2.58. The van der Waals surface area contributed by atoms with Crippen LogP contribution in [0.4, 0.5) is 5.69 Å². The lowest BCUT2D eigenvalue weighted by molar-refractivity contribution is -0.114. The Balaban J connectivity index is 1.86. The third-order valence-corrected chi connectivity index (χ3v) is 6.35. The van der Waals surface area contributed by atoms with Crippen LogP contribution in [0.1, 0.15) is 18.1 Å². The number of nitrogens with one attached hydrogen (secondary N) is 1. The number of rotatable bonds is 5. The second kappa shape index (κ2) is 7.58. The van der Waals surface area contributed by atoms with E-state index < -0.39 is 10.0 Å². The quantitative estimate of drug-likeness (QED) is 0.847. The first-order valence-corrected chi connectivity index (χ1v) is 9.90. The molecule has 8 heteroatoms. The molecule has 1 aliphatic heterocycles. The number of carbonyl (C=O) groups excluding carboxylic acids is 1. The van der Waals surface area contributed by atoms with Gasteiger partial charge in [0.2, 0.25) is 15.9 Å². The molecule has 144 valence electrons. The first-order chi connectivity index (χ1) is 12.8. The normalized spacial score (nSPS) is 14.3. The molecular weight excluding hydrogens is 368 g/mol. The summed E-state index contributed by atoms with van der Waals surface area (Å²) in [7, 11) is -0.505. The molecule has 1 aliphatic rings. The Labute approximate surface area is 158 Å². The standard InChI is InChI=1S/C19H22N2O5S/c1-13(22)20-16-4-6-17(7-5-16)27(23,24)21-9-8-14-10-18(25-2)19(26-3)11-15(14)12-21/h4-7,10-11H,8-9,12H2,1-3H3,(H,20,22). The maximum Gasteiger partial charge on any atom is 0.243 e. The molecule has 0 aliphatic carbocycles. The molecule has 0 bridgehead atoms. The van der Waals surface area contributed by atoms with Gasteiger partial charge in [0.25, 0.3) is 0 Å². The minimum Gasteiger partial charge on any atom is -0.493 e. The topological polar surface area (TPSA) is 84.9 Å². The van der Waals surface area contributed by atoms with Gasteiger partial charge in [-0.15, -0.1) is 0 Å². The van der Waals surface area contributed by atoms with Crippen molar-refractivity contribution in [1.82, 2.24) is 4.31 Å². The zero-order valence-corrected chi connectivity index (χ0v) is 16.3. The highest BCUT2D eigenvalue weighted by Crippen LogP contribution is 2.34. The van der Waals surface area contributed by atoms with Gasteiger partial charge >= 0.3 is 0 Å². The number of amides is 1. The molecular formula is C19H22N2O5S. The summed E-state index contributed by atoms with van der Waals surface area (Å²) in [5.41, 5.74) is 2.51. The van der Waals surface area contributed by atoms with Crippen LogP contribution in [0.15, 0.2) is 41.3 Å². The Bertz CT molecular complexity index is 955. The van der Waals surface area contributed by atoms with Gasteiger partial charge < -0.3 is 14.8 Å². The van der Waals surface area contributed by atoms with Gasteiger partial charge in [0.15, 0.2) is 11.5 Å². The first-order valence-electron chi connectivity index (χ1n) is 8.46. The number of methoxy groups -OCH3 is 2. The summed E-state index contributed by atoms with van der Waals surface area (Å²) in [6.45, 7) is 2.06. The molecule has 2 aromatic carbocycles. The van der Waals surface area contributed by atoms with E-state index in [9.17, 15) is 13.2 Å². The molecule has 1 heterocycles. The molecule has 0 fully saturated rings. The molecule has 0 saturated carbocycles. The molecule has 1 amide bonds. The maximum absolute atomic E-state index is 13.0. The summed E-state index contributed by atoms with van der Waals surface area (Å²) in [5.74, 6) is 1.01. The van der Waals surface area contributed by atoms with Gasteiger partial charge in [-0.2, -0.15) is 4.31 Å². The van der Waals surface area contributed by atoms with Crippen LogP contribution in [0.3, 0.4) is 0 Å². The predicted octanol–water partition coefficient (Wildman–Crippen LogP) is 2.41. The number of benzene rings is 2. The summed E-state index contributed by atoms with van der Waals surface area (Å²) in [6, 6.07) is 9.91. The molecule has 0 saturated heterocycles. The molecule has 0 atom stereocenters. The number of carbonyl (C=O) groups is 1.